The molecule has 0 radical (unpaired) electrons. The maximum absolute atomic E-state index is 12.6. The number of carbonyl (C=O) groups excluding carboxylic acids is 3. The van der Waals surface area contributed by atoms with E-state index in [1.54, 1.807) is 0 Å². The van der Waals surface area contributed by atoms with Gasteiger partial charge in [-0.1, -0.05) is 149 Å². The van der Waals surface area contributed by atoms with Crippen molar-refractivity contribution in [3.05, 3.63) is 109 Å². The predicted octanol–water partition coefficient (Wildman–Crippen LogP) is 13.6. The predicted molar refractivity (Wildman–Crippen MR) is 233 cm³/mol. The minimum absolute atomic E-state index is 0.127. The molecule has 0 saturated heterocycles. The first-order chi connectivity index (χ1) is 27.0. The third-order valence-electron chi connectivity index (χ3n) is 8.27. The van der Waals surface area contributed by atoms with Crippen molar-refractivity contribution in [3.8, 4) is 0 Å². The molecule has 0 aromatic rings. The van der Waals surface area contributed by atoms with E-state index >= 15 is 0 Å². The topological polar surface area (TPSA) is 78.9 Å². The minimum atomic E-state index is -0.826. The summed E-state index contributed by atoms with van der Waals surface area (Å²) in [6, 6.07) is 0. The summed E-state index contributed by atoms with van der Waals surface area (Å²) in [4.78, 5) is 37.5. The highest BCUT2D eigenvalue weighted by atomic mass is 16.6. The number of ether oxygens (including phenoxy) is 3. The van der Waals surface area contributed by atoms with Crippen LogP contribution in [0.15, 0.2) is 109 Å². The van der Waals surface area contributed by atoms with Crippen LogP contribution in [0.5, 0.6) is 0 Å². The van der Waals surface area contributed by atoms with Crippen molar-refractivity contribution >= 4 is 17.9 Å². The Hall–Kier alpha value is -3.93. The van der Waals surface area contributed by atoms with Gasteiger partial charge in [0.25, 0.3) is 0 Å². The Kier molecular flexibility index (Phi) is 39.7. The number of esters is 3. The first-order valence-electron chi connectivity index (χ1n) is 21.4. The molecule has 308 valence electrons. The molecule has 0 heterocycles. The van der Waals surface area contributed by atoms with Crippen molar-refractivity contribution in [1.82, 2.24) is 0 Å². The van der Waals surface area contributed by atoms with Crippen molar-refractivity contribution in [2.24, 2.45) is 0 Å². The van der Waals surface area contributed by atoms with Crippen LogP contribution in [0, 0.1) is 0 Å². The molecule has 0 rings (SSSR count). The smallest absolute Gasteiger partial charge is 0.306 e. The lowest BCUT2D eigenvalue weighted by atomic mass is 10.1. The largest absolute Gasteiger partial charge is 0.462 e. The normalized spacial score (nSPS) is 13.1. The Morgan fingerprint density at radius 3 is 1.29 bits per heavy atom. The zero-order chi connectivity index (χ0) is 40.1. The molecule has 0 aromatic carbocycles. The Labute approximate surface area is 336 Å². The van der Waals surface area contributed by atoms with Crippen LogP contribution in [-0.4, -0.2) is 37.2 Å². The van der Waals surface area contributed by atoms with Crippen molar-refractivity contribution in [2.75, 3.05) is 13.2 Å². The highest BCUT2D eigenvalue weighted by Gasteiger charge is 2.19. The Bertz CT molecular complexity index is 1200. The van der Waals surface area contributed by atoms with Crippen LogP contribution >= 0.6 is 0 Å². The average Bonchev–Trinajstić information content (AvgIpc) is 3.18. The molecule has 0 aliphatic heterocycles. The van der Waals surface area contributed by atoms with Crippen LogP contribution in [0.25, 0.3) is 0 Å². The number of carbonyl (C=O) groups is 3. The van der Waals surface area contributed by atoms with E-state index in [4.69, 9.17) is 14.2 Å². The molecule has 0 aliphatic carbocycles. The first kappa shape index (κ1) is 51.1. The van der Waals surface area contributed by atoms with E-state index in [1.165, 1.54) is 12.8 Å². The van der Waals surface area contributed by atoms with Gasteiger partial charge in [0.2, 0.25) is 0 Å². The Balaban J connectivity index is 4.54. The summed E-state index contributed by atoms with van der Waals surface area (Å²) in [7, 11) is 0. The lowest BCUT2D eigenvalue weighted by Crippen LogP contribution is -2.30. The number of hydrogen-bond acceptors (Lipinski definition) is 6. The molecule has 0 amide bonds. The van der Waals surface area contributed by atoms with E-state index in [1.807, 2.05) is 0 Å². The van der Waals surface area contributed by atoms with Gasteiger partial charge in [0.05, 0.1) is 0 Å². The van der Waals surface area contributed by atoms with Crippen molar-refractivity contribution < 1.29 is 28.6 Å². The van der Waals surface area contributed by atoms with Gasteiger partial charge in [0.15, 0.2) is 6.10 Å². The maximum atomic E-state index is 12.6. The van der Waals surface area contributed by atoms with Gasteiger partial charge in [-0.25, -0.2) is 0 Å². The van der Waals surface area contributed by atoms with Crippen LogP contribution in [0.4, 0.5) is 0 Å². The van der Waals surface area contributed by atoms with Gasteiger partial charge >= 0.3 is 17.9 Å². The summed E-state index contributed by atoms with van der Waals surface area (Å²) < 4.78 is 16.5. The molecule has 1 unspecified atom stereocenters. The summed E-state index contributed by atoms with van der Waals surface area (Å²) >= 11 is 0. The number of allylic oxidation sites excluding steroid dienone is 18. The summed E-state index contributed by atoms with van der Waals surface area (Å²) in [6.07, 6.45) is 56.6. The fourth-order valence-electron chi connectivity index (χ4n) is 5.08. The Morgan fingerprint density at radius 2 is 0.782 bits per heavy atom. The molecule has 55 heavy (non-hydrogen) atoms. The van der Waals surface area contributed by atoms with Crippen LogP contribution in [0.1, 0.15) is 162 Å². The SMILES string of the molecule is CC/C=C\C/C=C\C/C=C\C/C=C\C/C=C\CCCC(=O)OCC(COC(=O)CCCC/C=C\C/C=C\CC)OC(=O)CCCCC/C=C\C=C/CCCC. The van der Waals surface area contributed by atoms with Gasteiger partial charge in [-0.3, -0.25) is 14.4 Å². The lowest BCUT2D eigenvalue weighted by molar-refractivity contribution is -0.167. The highest BCUT2D eigenvalue weighted by molar-refractivity contribution is 5.71. The monoisotopic (exact) mass is 761 g/mol. The third-order valence-corrected chi connectivity index (χ3v) is 8.27. The van der Waals surface area contributed by atoms with Crippen molar-refractivity contribution in [2.45, 2.75) is 168 Å². The number of hydrogen-bond donors (Lipinski definition) is 0. The zero-order valence-electron chi connectivity index (χ0n) is 34.9. The molecule has 0 bridgehead atoms. The maximum Gasteiger partial charge on any atom is 0.306 e. The lowest BCUT2D eigenvalue weighted by Gasteiger charge is -2.18. The number of unbranched alkanes of at least 4 members (excludes halogenated alkanes) is 8. The van der Waals surface area contributed by atoms with E-state index in [0.717, 1.165) is 96.3 Å². The second-order valence-corrected chi connectivity index (χ2v) is 13.5. The van der Waals surface area contributed by atoms with Crippen molar-refractivity contribution in [3.63, 3.8) is 0 Å². The van der Waals surface area contributed by atoms with E-state index in [9.17, 15) is 14.4 Å². The van der Waals surface area contributed by atoms with Crippen LogP contribution in [-0.2, 0) is 28.6 Å². The Morgan fingerprint density at radius 1 is 0.400 bits per heavy atom. The second-order valence-electron chi connectivity index (χ2n) is 13.5. The molecular formula is C49H76O6. The summed E-state index contributed by atoms with van der Waals surface area (Å²) in [5.74, 6) is -1.07. The molecule has 0 fully saturated rings. The molecule has 0 aromatic heterocycles. The van der Waals surface area contributed by atoms with Gasteiger partial charge in [0.1, 0.15) is 13.2 Å². The van der Waals surface area contributed by atoms with Gasteiger partial charge in [-0.15, -0.1) is 0 Å². The quantitative estimate of drug-likeness (QED) is 0.0208. The third kappa shape index (κ3) is 41.1. The van der Waals surface area contributed by atoms with Crippen LogP contribution in [0.2, 0.25) is 0 Å². The fourth-order valence-corrected chi connectivity index (χ4v) is 5.08. The number of rotatable bonds is 36. The molecule has 6 nitrogen and oxygen atoms in total. The average molecular weight is 761 g/mol. The summed E-state index contributed by atoms with van der Waals surface area (Å²) in [5.41, 5.74) is 0. The van der Waals surface area contributed by atoms with Gasteiger partial charge in [-0.05, 0) is 103 Å². The highest BCUT2D eigenvalue weighted by Crippen LogP contribution is 2.10. The van der Waals surface area contributed by atoms with Gasteiger partial charge in [-0.2, -0.15) is 0 Å². The van der Waals surface area contributed by atoms with E-state index in [-0.39, 0.29) is 44.0 Å². The standard InChI is InChI=1S/C49H76O6/c1-4-7-10-13-16-19-21-22-23-24-25-26-28-30-33-36-39-42-48(51)54-45-46(44-53-47(50)41-38-35-32-29-18-15-12-9-6-3)55-49(52)43-40-37-34-31-27-20-17-14-11-8-5-2/h7,9-10,12,14,16-20,22-23,25-27,29-30,33,46H,4-6,8,11,13,15,21,24,28,31-32,34-45H2,1-3H3/b10-7-,12-9-,17-14-,19-16-,23-22-,26-25-,27-20-,29-18-,33-30-. The van der Waals surface area contributed by atoms with E-state index in [2.05, 4.69) is 130 Å². The van der Waals surface area contributed by atoms with E-state index < -0.39 is 6.10 Å². The molecule has 0 N–H and O–H groups in total. The molecule has 0 saturated carbocycles. The second kappa shape index (κ2) is 42.8. The molecule has 6 heteroatoms. The minimum Gasteiger partial charge on any atom is -0.462 e. The molecule has 1 atom stereocenters. The van der Waals surface area contributed by atoms with E-state index in [0.29, 0.717) is 19.3 Å². The molecular weight excluding hydrogens is 685 g/mol. The van der Waals surface area contributed by atoms with Gasteiger partial charge in [0, 0.05) is 19.3 Å². The van der Waals surface area contributed by atoms with Crippen LogP contribution < -0.4 is 0 Å². The summed E-state index contributed by atoms with van der Waals surface area (Å²) in [6.45, 7) is 6.19. The zero-order valence-corrected chi connectivity index (χ0v) is 34.9. The molecule has 0 spiro atoms. The van der Waals surface area contributed by atoms with Gasteiger partial charge < -0.3 is 14.2 Å². The summed E-state index contributed by atoms with van der Waals surface area (Å²) in [5, 5.41) is 0. The first-order valence-corrected chi connectivity index (χ1v) is 21.4. The fraction of sp³-hybridized carbons (Fsp3) is 0.571. The van der Waals surface area contributed by atoms with Crippen LogP contribution in [0.3, 0.4) is 0 Å². The molecule has 0 aliphatic rings. The van der Waals surface area contributed by atoms with Crippen molar-refractivity contribution in [1.29, 1.82) is 0 Å².